The lowest BCUT2D eigenvalue weighted by Gasteiger charge is -2.24. The molecule has 180 valence electrons. The number of fused-ring (bicyclic) bond motifs is 2. The summed E-state index contributed by atoms with van der Waals surface area (Å²) in [7, 11) is 1.60. The quantitative estimate of drug-likeness (QED) is 0.328. The number of hydrogen-bond donors (Lipinski definition) is 2. The average molecular weight is 496 g/mol. The van der Waals surface area contributed by atoms with Crippen LogP contribution in [-0.2, 0) is 13.1 Å². The third-order valence-corrected chi connectivity index (χ3v) is 7.05. The fourth-order valence-corrected chi connectivity index (χ4v) is 5.18. The molecule has 1 aliphatic heterocycles. The van der Waals surface area contributed by atoms with Crippen LogP contribution >= 0.6 is 11.8 Å². The van der Waals surface area contributed by atoms with Crippen LogP contribution in [0.1, 0.15) is 21.5 Å². The maximum Gasteiger partial charge on any atom is 0.319 e. The lowest BCUT2D eigenvalue weighted by atomic mass is 10.1. The van der Waals surface area contributed by atoms with E-state index in [1.807, 2.05) is 97.1 Å². The predicted molar refractivity (Wildman–Crippen MR) is 143 cm³/mol. The summed E-state index contributed by atoms with van der Waals surface area (Å²) in [4.78, 5) is 30.0. The van der Waals surface area contributed by atoms with Crippen molar-refractivity contribution in [1.29, 1.82) is 0 Å². The summed E-state index contributed by atoms with van der Waals surface area (Å²) in [5, 5.41) is 5.78. The van der Waals surface area contributed by atoms with Gasteiger partial charge in [0.15, 0.2) is 0 Å². The number of benzene rings is 4. The van der Waals surface area contributed by atoms with Gasteiger partial charge in [0.05, 0.1) is 24.9 Å². The van der Waals surface area contributed by atoms with Crippen LogP contribution in [0.25, 0.3) is 0 Å². The van der Waals surface area contributed by atoms with Crippen molar-refractivity contribution in [3.8, 4) is 5.75 Å². The molecule has 4 aromatic carbocycles. The molecule has 0 atom stereocenters. The number of methoxy groups -OCH3 is 1. The maximum absolute atomic E-state index is 13.7. The van der Waals surface area contributed by atoms with Gasteiger partial charge in [-0.3, -0.25) is 4.79 Å². The van der Waals surface area contributed by atoms with E-state index in [4.69, 9.17) is 4.74 Å². The van der Waals surface area contributed by atoms with Crippen LogP contribution in [0, 0.1) is 0 Å². The Morgan fingerprint density at radius 3 is 2.47 bits per heavy atom. The van der Waals surface area contributed by atoms with Gasteiger partial charge in [-0.25, -0.2) is 4.79 Å². The van der Waals surface area contributed by atoms with Crippen molar-refractivity contribution < 1.29 is 14.3 Å². The first-order valence-corrected chi connectivity index (χ1v) is 12.4. The van der Waals surface area contributed by atoms with Gasteiger partial charge in [-0.2, -0.15) is 0 Å². The van der Waals surface area contributed by atoms with E-state index in [1.165, 1.54) is 0 Å². The number of nitrogens with one attached hydrogen (secondary N) is 2. The maximum atomic E-state index is 13.7. The molecule has 0 bridgehead atoms. The summed E-state index contributed by atoms with van der Waals surface area (Å²) in [6, 6.07) is 30.4. The Hall–Kier alpha value is -4.23. The smallest absolute Gasteiger partial charge is 0.319 e. The van der Waals surface area contributed by atoms with Crippen LogP contribution in [0.5, 0.6) is 5.75 Å². The molecule has 0 saturated heterocycles. The summed E-state index contributed by atoms with van der Waals surface area (Å²) >= 11 is 1.56. The first-order valence-electron chi connectivity index (χ1n) is 11.6. The SMILES string of the molecule is COc1ccccc1CNC(=O)Nc1ccc2c(c1)N(Cc1ccccc1)C(=O)c1ccccc1S2. The molecule has 36 heavy (non-hydrogen) atoms. The van der Waals surface area contributed by atoms with Crippen molar-refractivity contribution >= 4 is 35.1 Å². The number of carbonyl (C=O) groups excluding carboxylic acids is 2. The normalized spacial score (nSPS) is 12.2. The second-order valence-electron chi connectivity index (χ2n) is 8.28. The Kier molecular flexibility index (Phi) is 6.91. The number of amides is 3. The van der Waals surface area contributed by atoms with Crippen LogP contribution < -0.4 is 20.3 Å². The summed E-state index contributed by atoms with van der Waals surface area (Å²) in [6.45, 7) is 0.746. The second-order valence-corrected chi connectivity index (χ2v) is 9.36. The zero-order valence-corrected chi connectivity index (χ0v) is 20.5. The van der Waals surface area contributed by atoms with E-state index in [-0.39, 0.29) is 11.9 Å². The van der Waals surface area contributed by atoms with Crippen molar-refractivity contribution in [3.05, 3.63) is 114 Å². The molecule has 1 aliphatic rings. The van der Waals surface area contributed by atoms with Gasteiger partial charge in [-0.15, -0.1) is 0 Å². The lowest BCUT2D eigenvalue weighted by Crippen LogP contribution is -2.31. The number of ether oxygens (including phenoxy) is 1. The van der Waals surface area contributed by atoms with Crippen molar-refractivity contribution in [2.75, 3.05) is 17.3 Å². The van der Waals surface area contributed by atoms with Gasteiger partial charge < -0.3 is 20.3 Å². The first-order chi connectivity index (χ1) is 17.6. The minimum absolute atomic E-state index is 0.0709. The van der Waals surface area contributed by atoms with E-state index in [0.29, 0.717) is 24.3 Å². The topological polar surface area (TPSA) is 70.7 Å². The van der Waals surface area contributed by atoms with Gasteiger partial charge in [0.2, 0.25) is 0 Å². The van der Waals surface area contributed by atoms with Crippen LogP contribution in [0.15, 0.2) is 107 Å². The van der Waals surface area contributed by atoms with E-state index in [2.05, 4.69) is 10.6 Å². The third kappa shape index (κ3) is 5.06. The molecule has 0 fully saturated rings. The molecule has 0 aromatic heterocycles. The highest BCUT2D eigenvalue weighted by atomic mass is 32.2. The van der Waals surface area contributed by atoms with E-state index in [0.717, 1.165) is 32.4 Å². The largest absolute Gasteiger partial charge is 0.496 e. The predicted octanol–water partition coefficient (Wildman–Crippen LogP) is 6.33. The summed E-state index contributed by atoms with van der Waals surface area (Å²) in [5.74, 6) is 0.646. The Bertz CT molecular complexity index is 1410. The Morgan fingerprint density at radius 1 is 0.889 bits per heavy atom. The molecule has 7 heteroatoms. The molecule has 0 radical (unpaired) electrons. The molecule has 5 rings (SSSR count). The van der Waals surface area contributed by atoms with Crippen LogP contribution in [-0.4, -0.2) is 19.0 Å². The van der Waals surface area contributed by atoms with Gasteiger partial charge in [0.25, 0.3) is 5.91 Å². The highest BCUT2D eigenvalue weighted by Gasteiger charge is 2.27. The molecular weight excluding hydrogens is 470 g/mol. The average Bonchev–Trinajstić information content (AvgIpc) is 3.02. The fraction of sp³-hybridized carbons (Fsp3) is 0.103. The summed E-state index contributed by atoms with van der Waals surface area (Å²) in [5.41, 5.74) is 3.93. The monoisotopic (exact) mass is 495 g/mol. The number of rotatable bonds is 6. The number of urea groups is 1. The number of carbonyl (C=O) groups is 2. The molecule has 0 spiro atoms. The van der Waals surface area contributed by atoms with Crippen LogP contribution in [0.2, 0.25) is 0 Å². The number of nitrogens with zero attached hydrogens (tertiary/aromatic N) is 1. The molecular formula is C29H25N3O3S. The minimum Gasteiger partial charge on any atom is -0.496 e. The highest BCUT2D eigenvalue weighted by molar-refractivity contribution is 7.99. The van der Waals surface area contributed by atoms with E-state index < -0.39 is 0 Å². The number of anilines is 2. The lowest BCUT2D eigenvalue weighted by molar-refractivity contribution is 0.0982. The molecule has 3 amide bonds. The standard InChI is InChI=1S/C29H25N3O3S/c1-35-25-13-7-5-11-21(25)18-30-29(34)31-22-15-16-27-24(17-22)32(19-20-9-3-2-4-10-20)28(33)23-12-6-8-14-26(23)36-27/h2-17H,18-19H2,1H3,(H2,30,31,34). The van der Waals surface area contributed by atoms with E-state index in [9.17, 15) is 9.59 Å². The van der Waals surface area contributed by atoms with Crippen LogP contribution in [0.4, 0.5) is 16.2 Å². The van der Waals surface area contributed by atoms with E-state index >= 15 is 0 Å². The molecule has 0 aliphatic carbocycles. The van der Waals surface area contributed by atoms with E-state index in [1.54, 1.807) is 23.8 Å². The number of para-hydroxylation sites is 1. The molecule has 6 nitrogen and oxygen atoms in total. The number of hydrogen-bond acceptors (Lipinski definition) is 4. The first kappa shape index (κ1) is 23.5. The summed E-state index contributed by atoms with van der Waals surface area (Å²) in [6.07, 6.45) is 0. The molecule has 1 heterocycles. The second kappa shape index (κ2) is 10.6. The minimum atomic E-state index is -0.341. The third-order valence-electron chi connectivity index (χ3n) is 5.91. The highest BCUT2D eigenvalue weighted by Crippen LogP contribution is 2.43. The van der Waals surface area contributed by atoms with Gasteiger partial charge in [0.1, 0.15) is 5.75 Å². The molecule has 4 aromatic rings. The zero-order chi connectivity index (χ0) is 24.9. The van der Waals surface area contributed by atoms with Gasteiger partial charge in [-0.05, 0) is 42.0 Å². The Labute approximate surface area is 214 Å². The van der Waals surface area contributed by atoms with Crippen molar-refractivity contribution in [2.45, 2.75) is 22.9 Å². The van der Waals surface area contributed by atoms with Crippen LogP contribution in [0.3, 0.4) is 0 Å². The molecule has 2 N–H and O–H groups in total. The van der Waals surface area contributed by atoms with Crippen molar-refractivity contribution in [2.24, 2.45) is 0 Å². The van der Waals surface area contributed by atoms with Gasteiger partial charge in [0, 0.05) is 27.6 Å². The molecule has 0 unspecified atom stereocenters. The Morgan fingerprint density at radius 2 is 1.64 bits per heavy atom. The summed E-state index contributed by atoms with van der Waals surface area (Å²) < 4.78 is 5.36. The van der Waals surface area contributed by atoms with Gasteiger partial charge >= 0.3 is 6.03 Å². The zero-order valence-electron chi connectivity index (χ0n) is 19.7. The fourth-order valence-electron chi connectivity index (χ4n) is 4.12. The molecule has 0 saturated carbocycles. The van der Waals surface area contributed by atoms with Crippen molar-refractivity contribution in [1.82, 2.24) is 5.32 Å². The van der Waals surface area contributed by atoms with Crippen molar-refractivity contribution in [3.63, 3.8) is 0 Å². The Balaban J connectivity index is 1.41. The van der Waals surface area contributed by atoms with Gasteiger partial charge in [-0.1, -0.05) is 72.4 Å².